The van der Waals surface area contributed by atoms with Crippen molar-refractivity contribution in [1.29, 1.82) is 0 Å². The van der Waals surface area contributed by atoms with Crippen LogP contribution in [0.3, 0.4) is 0 Å². The van der Waals surface area contributed by atoms with E-state index in [-0.39, 0.29) is 5.02 Å². The molecule has 5 heteroatoms. The van der Waals surface area contributed by atoms with Crippen LogP contribution in [0.2, 0.25) is 5.02 Å². The number of nitrogens with one attached hydrogen (secondary N) is 1. The van der Waals surface area contributed by atoms with Crippen LogP contribution in [-0.2, 0) is 0 Å². The lowest BCUT2D eigenvalue weighted by molar-refractivity contribution is 0.491. The lowest BCUT2D eigenvalue weighted by atomic mass is 10.2. The second kappa shape index (κ2) is 5.41. The van der Waals surface area contributed by atoms with E-state index in [2.05, 4.69) is 19.2 Å². The summed E-state index contributed by atoms with van der Waals surface area (Å²) in [5.74, 6) is -1.23. The largest absolute Gasteiger partial charge is 0.366 e. The molecule has 0 spiro atoms. The van der Waals surface area contributed by atoms with Gasteiger partial charge in [0.1, 0.15) is 5.82 Å². The van der Waals surface area contributed by atoms with Crippen LogP contribution in [0.25, 0.3) is 0 Å². The average molecular weight is 275 g/mol. The fraction of sp³-hybridized carbons (Fsp3) is 0.538. The van der Waals surface area contributed by atoms with Crippen LogP contribution in [0.15, 0.2) is 12.1 Å². The van der Waals surface area contributed by atoms with Gasteiger partial charge < -0.3 is 10.2 Å². The van der Waals surface area contributed by atoms with Gasteiger partial charge in [-0.1, -0.05) is 25.4 Å². The summed E-state index contributed by atoms with van der Waals surface area (Å²) >= 11 is 5.93. The minimum atomic E-state index is -0.641. The summed E-state index contributed by atoms with van der Waals surface area (Å²) < 4.78 is 26.8. The third kappa shape index (κ3) is 2.93. The summed E-state index contributed by atoms with van der Waals surface area (Å²) in [4.78, 5) is 1.87. The van der Waals surface area contributed by atoms with Gasteiger partial charge in [0.2, 0.25) is 0 Å². The predicted octanol–water partition coefficient (Wildman–Crippen LogP) is 3.19. The zero-order valence-electron chi connectivity index (χ0n) is 10.5. The molecule has 100 valence electrons. The van der Waals surface area contributed by atoms with Gasteiger partial charge in [0.25, 0.3) is 0 Å². The van der Waals surface area contributed by atoms with E-state index in [0.29, 0.717) is 24.3 Å². The van der Waals surface area contributed by atoms with Gasteiger partial charge in [-0.2, -0.15) is 0 Å². The second-order valence-electron chi connectivity index (χ2n) is 4.97. The van der Waals surface area contributed by atoms with Gasteiger partial charge in [-0.15, -0.1) is 0 Å². The first-order valence-electron chi connectivity index (χ1n) is 6.13. The maximum atomic E-state index is 13.8. The first-order chi connectivity index (χ1) is 8.47. The summed E-state index contributed by atoms with van der Waals surface area (Å²) in [5, 5.41) is 3.55. The highest BCUT2D eigenvalue weighted by molar-refractivity contribution is 6.33. The summed E-state index contributed by atoms with van der Waals surface area (Å²) in [5.41, 5.74) is 0.311. The van der Waals surface area contributed by atoms with E-state index in [1.807, 2.05) is 4.90 Å². The van der Waals surface area contributed by atoms with Gasteiger partial charge in [0.05, 0.1) is 10.7 Å². The minimum absolute atomic E-state index is 0.137. The SMILES string of the molecule is CC(C)NC1CCN(c2c(F)cc(F)cc2Cl)C1. The van der Waals surface area contributed by atoms with Crippen molar-refractivity contribution in [2.45, 2.75) is 32.4 Å². The molecule has 0 aliphatic carbocycles. The molecule has 1 N–H and O–H groups in total. The van der Waals surface area contributed by atoms with Crippen molar-refractivity contribution in [3.63, 3.8) is 0 Å². The predicted molar refractivity (Wildman–Crippen MR) is 70.3 cm³/mol. The Morgan fingerprint density at radius 1 is 1.39 bits per heavy atom. The van der Waals surface area contributed by atoms with Crippen LogP contribution >= 0.6 is 11.6 Å². The Kier molecular flexibility index (Phi) is 4.07. The van der Waals surface area contributed by atoms with E-state index in [9.17, 15) is 8.78 Å². The first kappa shape index (κ1) is 13.6. The molecule has 2 rings (SSSR count). The van der Waals surface area contributed by atoms with Gasteiger partial charge >= 0.3 is 0 Å². The summed E-state index contributed by atoms with van der Waals surface area (Å²) in [6.45, 7) is 5.58. The van der Waals surface area contributed by atoms with Crippen molar-refractivity contribution in [1.82, 2.24) is 5.32 Å². The third-order valence-corrected chi connectivity index (χ3v) is 3.34. The number of hydrogen-bond acceptors (Lipinski definition) is 2. The molecule has 1 aromatic rings. The van der Waals surface area contributed by atoms with Crippen LogP contribution < -0.4 is 10.2 Å². The number of benzene rings is 1. The highest BCUT2D eigenvalue weighted by atomic mass is 35.5. The van der Waals surface area contributed by atoms with E-state index in [0.717, 1.165) is 25.1 Å². The highest BCUT2D eigenvalue weighted by Gasteiger charge is 2.26. The van der Waals surface area contributed by atoms with Crippen molar-refractivity contribution < 1.29 is 8.78 Å². The Hall–Kier alpha value is -0.870. The summed E-state index contributed by atoms with van der Waals surface area (Å²) in [6.07, 6.45) is 0.936. The molecule has 1 heterocycles. The van der Waals surface area contributed by atoms with Gasteiger partial charge in [-0.05, 0) is 12.5 Å². The number of rotatable bonds is 3. The fourth-order valence-corrected chi connectivity index (χ4v) is 2.72. The Morgan fingerprint density at radius 2 is 2.11 bits per heavy atom. The molecule has 1 aliphatic heterocycles. The monoisotopic (exact) mass is 274 g/mol. The molecule has 2 nitrogen and oxygen atoms in total. The lowest BCUT2D eigenvalue weighted by Gasteiger charge is -2.21. The molecule has 1 aliphatic rings. The standard InChI is InChI=1S/C13H17ClF2N2/c1-8(2)17-10-3-4-18(7-10)13-11(14)5-9(15)6-12(13)16/h5-6,8,10,17H,3-4,7H2,1-2H3. The summed E-state index contributed by atoms with van der Waals surface area (Å²) in [7, 11) is 0. The highest BCUT2D eigenvalue weighted by Crippen LogP contribution is 2.32. The Balaban J connectivity index is 2.14. The normalized spacial score (nSPS) is 19.9. The molecular formula is C13H17ClF2N2. The van der Waals surface area contributed by atoms with E-state index in [1.165, 1.54) is 0 Å². The van der Waals surface area contributed by atoms with Crippen LogP contribution in [-0.4, -0.2) is 25.2 Å². The summed E-state index contributed by atoms with van der Waals surface area (Å²) in [6, 6.07) is 2.75. The quantitative estimate of drug-likeness (QED) is 0.911. The maximum absolute atomic E-state index is 13.8. The van der Waals surface area contributed by atoms with E-state index < -0.39 is 11.6 Å². The molecule has 1 saturated heterocycles. The number of anilines is 1. The topological polar surface area (TPSA) is 15.3 Å². The van der Waals surface area contributed by atoms with Crippen LogP contribution in [0.1, 0.15) is 20.3 Å². The third-order valence-electron chi connectivity index (χ3n) is 3.06. The van der Waals surface area contributed by atoms with Crippen molar-refractivity contribution in [2.24, 2.45) is 0 Å². The maximum Gasteiger partial charge on any atom is 0.150 e. The number of nitrogens with zero attached hydrogens (tertiary/aromatic N) is 1. The first-order valence-corrected chi connectivity index (χ1v) is 6.50. The fourth-order valence-electron chi connectivity index (χ4n) is 2.41. The number of hydrogen-bond donors (Lipinski definition) is 1. The molecule has 18 heavy (non-hydrogen) atoms. The molecule has 1 aromatic carbocycles. The van der Waals surface area contributed by atoms with Crippen molar-refractivity contribution in [2.75, 3.05) is 18.0 Å². The van der Waals surface area contributed by atoms with Crippen LogP contribution in [0, 0.1) is 11.6 Å². The average Bonchev–Trinajstić information content (AvgIpc) is 2.63. The molecule has 1 atom stereocenters. The Labute approximate surface area is 111 Å². The molecule has 0 aromatic heterocycles. The van der Waals surface area contributed by atoms with Crippen molar-refractivity contribution in [3.8, 4) is 0 Å². The second-order valence-corrected chi connectivity index (χ2v) is 5.38. The van der Waals surface area contributed by atoms with Gasteiger partial charge in [0, 0.05) is 31.2 Å². The molecule has 0 saturated carbocycles. The zero-order chi connectivity index (χ0) is 13.3. The van der Waals surface area contributed by atoms with Crippen molar-refractivity contribution in [3.05, 3.63) is 28.8 Å². The van der Waals surface area contributed by atoms with Gasteiger partial charge in [0.15, 0.2) is 5.82 Å². The minimum Gasteiger partial charge on any atom is -0.366 e. The zero-order valence-corrected chi connectivity index (χ0v) is 11.3. The molecule has 0 amide bonds. The van der Waals surface area contributed by atoms with E-state index >= 15 is 0 Å². The van der Waals surface area contributed by atoms with Crippen LogP contribution in [0.5, 0.6) is 0 Å². The van der Waals surface area contributed by atoms with E-state index in [1.54, 1.807) is 0 Å². The molecule has 0 radical (unpaired) electrons. The molecule has 1 fully saturated rings. The van der Waals surface area contributed by atoms with Crippen LogP contribution in [0.4, 0.5) is 14.5 Å². The Morgan fingerprint density at radius 3 is 2.72 bits per heavy atom. The van der Waals surface area contributed by atoms with Gasteiger partial charge in [-0.3, -0.25) is 0 Å². The smallest absolute Gasteiger partial charge is 0.150 e. The molecular weight excluding hydrogens is 258 g/mol. The molecule has 1 unspecified atom stereocenters. The number of halogens is 3. The van der Waals surface area contributed by atoms with Gasteiger partial charge in [-0.25, -0.2) is 8.78 Å². The lowest BCUT2D eigenvalue weighted by Crippen LogP contribution is -2.37. The Bertz CT molecular complexity index is 414. The van der Waals surface area contributed by atoms with E-state index in [4.69, 9.17) is 11.6 Å². The van der Waals surface area contributed by atoms with Crippen molar-refractivity contribution >= 4 is 17.3 Å². The molecule has 0 bridgehead atoms.